The molecule has 4 aromatic rings. The zero-order valence-electron chi connectivity index (χ0n) is 29.8. The molecule has 1 amide bonds. The normalized spacial score (nSPS) is 18.5. The number of amides is 1. The smallest absolute Gasteiger partial charge is 0.411 e. The minimum atomic E-state index is -4.38. The molecule has 52 heavy (non-hydrogen) atoms. The summed E-state index contributed by atoms with van der Waals surface area (Å²) in [4.78, 5) is 25.3. The predicted molar refractivity (Wildman–Crippen MR) is 189 cm³/mol. The summed E-state index contributed by atoms with van der Waals surface area (Å²) in [5.74, 6) is 1.46. The number of halogens is 4. The molecule has 0 N–H and O–H groups in total. The fourth-order valence-corrected chi connectivity index (χ4v) is 7.46. The molecule has 1 atom stereocenters. The topological polar surface area (TPSA) is 81.5 Å². The number of ether oxygens (including phenoxy) is 4. The lowest BCUT2D eigenvalue weighted by atomic mass is 9.76. The first-order valence-electron chi connectivity index (χ1n) is 17.5. The monoisotopic (exact) mass is 727 g/mol. The number of methoxy groups -OCH3 is 3. The van der Waals surface area contributed by atoms with E-state index in [0.29, 0.717) is 42.4 Å². The molecule has 0 saturated carbocycles. The third kappa shape index (κ3) is 8.23. The van der Waals surface area contributed by atoms with Crippen LogP contribution in [0, 0.1) is 5.82 Å². The number of imidazole rings is 1. The number of carbonyl (C=O) groups is 1. The first kappa shape index (κ1) is 37.2. The number of hydrogen-bond acceptors (Lipinski definition) is 8. The van der Waals surface area contributed by atoms with Gasteiger partial charge < -0.3 is 38.2 Å². The van der Waals surface area contributed by atoms with E-state index < -0.39 is 12.8 Å². The highest BCUT2D eigenvalue weighted by Crippen LogP contribution is 2.41. The van der Waals surface area contributed by atoms with Gasteiger partial charge in [0.05, 0.1) is 39.0 Å². The van der Waals surface area contributed by atoms with Crippen LogP contribution in [0.1, 0.15) is 35.2 Å². The van der Waals surface area contributed by atoms with Crippen molar-refractivity contribution in [3.05, 3.63) is 77.6 Å². The lowest BCUT2D eigenvalue weighted by molar-refractivity contribution is -0.174. The van der Waals surface area contributed by atoms with Gasteiger partial charge in [0.1, 0.15) is 12.4 Å². The Hall–Kier alpha value is -4.56. The van der Waals surface area contributed by atoms with Gasteiger partial charge in [0.25, 0.3) is 5.91 Å². The Kier molecular flexibility index (Phi) is 11.4. The second-order valence-electron chi connectivity index (χ2n) is 13.3. The van der Waals surface area contributed by atoms with Crippen LogP contribution < -0.4 is 19.1 Å². The van der Waals surface area contributed by atoms with E-state index >= 15 is 0 Å². The number of rotatable bonds is 13. The lowest BCUT2D eigenvalue weighted by Crippen LogP contribution is -2.39. The molecule has 10 nitrogen and oxygen atoms in total. The van der Waals surface area contributed by atoms with Crippen LogP contribution in [0.3, 0.4) is 0 Å². The number of carbonyl (C=O) groups excluding carboxylic acids is 1. The summed E-state index contributed by atoms with van der Waals surface area (Å²) in [6.07, 6.45) is -2.04. The summed E-state index contributed by atoms with van der Waals surface area (Å²) in [5.41, 5.74) is 2.66. The number of para-hydroxylation sites is 2. The standard InChI is InChI=1S/C38H45F4N5O5/c1-49-32-23-27(24-33(50-2)34(32)51-3)35(48)46-18-14-37(25-46,28-9-11-29(39)12-10-28)13-17-44-15-6-16-45(20-19-44)36-43-30-7-4-5-8-31(30)47(36)21-22-52-26-38(40,41)42/h4-5,7-12,23-24H,6,13-22,25-26H2,1-3H3. The van der Waals surface area contributed by atoms with Gasteiger partial charge in [0, 0.05) is 50.2 Å². The van der Waals surface area contributed by atoms with Crippen LogP contribution in [0.15, 0.2) is 60.7 Å². The van der Waals surface area contributed by atoms with E-state index in [4.69, 9.17) is 23.9 Å². The van der Waals surface area contributed by atoms with Crippen LogP contribution >= 0.6 is 0 Å². The van der Waals surface area contributed by atoms with E-state index in [0.717, 1.165) is 68.0 Å². The highest BCUT2D eigenvalue weighted by molar-refractivity contribution is 5.96. The number of hydrogen-bond donors (Lipinski definition) is 0. The Morgan fingerprint density at radius 2 is 1.62 bits per heavy atom. The third-order valence-electron chi connectivity index (χ3n) is 10.1. The molecule has 2 saturated heterocycles. The average Bonchev–Trinajstić information content (AvgIpc) is 3.66. The van der Waals surface area contributed by atoms with Gasteiger partial charge in [-0.05, 0) is 74.3 Å². The molecule has 0 aliphatic carbocycles. The van der Waals surface area contributed by atoms with E-state index in [1.807, 2.05) is 45.9 Å². The van der Waals surface area contributed by atoms with Crippen molar-refractivity contribution < 1.29 is 41.3 Å². The molecule has 1 unspecified atom stereocenters. The Balaban J connectivity index is 1.16. The Morgan fingerprint density at radius 1 is 0.885 bits per heavy atom. The van der Waals surface area contributed by atoms with E-state index in [1.165, 1.54) is 33.5 Å². The summed E-state index contributed by atoms with van der Waals surface area (Å²) < 4.78 is 75.6. The summed E-state index contributed by atoms with van der Waals surface area (Å²) in [6, 6.07) is 17.6. The SMILES string of the molecule is COc1cc(C(=O)N2CCC(CCN3CCCN(c4nc5ccccc5n4CCOCC(F)(F)F)CC3)(c3ccc(F)cc3)C2)cc(OC)c1OC. The van der Waals surface area contributed by atoms with Gasteiger partial charge in [-0.1, -0.05) is 24.3 Å². The number of benzene rings is 3. The number of aromatic nitrogens is 2. The Bertz CT molecular complexity index is 1810. The molecule has 14 heteroatoms. The Labute approximate surface area is 300 Å². The Morgan fingerprint density at radius 3 is 2.31 bits per heavy atom. The van der Waals surface area contributed by atoms with Crippen molar-refractivity contribution in [2.75, 3.05) is 85.3 Å². The maximum absolute atomic E-state index is 14.1. The first-order valence-corrected chi connectivity index (χ1v) is 17.5. The lowest BCUT2D eigenvalue weighted by Gasteiger charge is -2.33. The van der Waals surface area contributed by atoms with Crippen molar-refractivity contribution in [1.82, 2.24) is 19.4 Å². The zero-order chi connectivity index (χ0) is 36.9. The molecule has 2 aliphatic heterocycles. The summed E-state index contributed by atoms with van der Waals surface area (Å²) in [7, 11) is 4.54. The van der Waals surface area contributed by atoms with Crippen molar-refractivity contribution in [2.45, 2.75) is 37.4 Å². The van der Waals surface area contributed by atoms with E-state index in [1.54, 1.807) is 12.1 Å². The maximum atomic E-state index is 14.1. The molecule has 2 aliphatic rings. The highest BCUT2D eigenvalue weighted by Gasteiger charge is 2.42. The van der Waals surface area contributed by atoms with Crippen LogP contribution in [-0.4, -0.2) is 112 Å². The van der Waals surface area contributed by atoms with Crippen molar-refractivity contribution in [1.29, 1.82) is 0 Å². The highest BCUT2D eigenvalue weighted by atomic mass is 19.4. The van der Waals surface area contributed by atoms with Crippen LogP contribution in [0.25, 0.3) is 11.0 Å². The van der Waals surface area contributed by atoms with Gasteiger partial charge >= 0.3 is 6.18 Å². The fraction of sp³-hybridized carbons (Fsp3) is 0.474. The van der Waals surface area contributed by atoms with Crippen LogP contribution in [0.2, 0.25) is 0 Å². The molecule has 1 aromatic heterocycles. The van der Waals surface area contributed by atoms with Crippen molar-refractivity contribution >= 4 is 22.9 Å². The second kappa shape index (κ2) is 16.0. The van der Waals surface area contributed by atoms with Gasteiger partial charge in [0.15, 0.2) is 11.5 Å². The van der Waals surface area contributed by atoms with Crippen molar-refractivity contribution in [2.24, 2.45) is 0 Å². The van der Waals surface area contributed by atoms with Crippen LogP contribution in [0.4, 0.5) is 23.5 Å². The minimum absolute atomic E-state index is 0.0859. The summed E-state index contributed by atoms with van der Waals surface area (Å²) in [5, 5.41) is 0. The first-order chi connectivity index (χ1) is 25.0. The number of alkyl halides is 3. The predicted octanol–water partition coefficient (Wildman–Crippen LogP) is 6.17. The molecular weight excluding hydrogens is 682 g/mol. The number of likely N-dealkylation sites (tertiary alicyclic amines) is 1. The summed E-state index contributed by atoms with van der Waals surface area (Å²) >= 11 is 0. The van der Waals surface area contributed by atoms with E-state index in [-0.39, 0.29) is 30.3 Å². The van der Waals surface area contributed by atoms with Gasteiger partial charge in [-0.2, -0.15) is 13.2 Å². The van der Waals surface area contributed by atoms with Crippen LogP contribution in [0.5, 0.6) is 17.2 Å². The molecule has 3 heterocycles. The second-order valence-corrected chi connectivity index (χ2v) is 13.3. The molecule has 280 valence electrons. The number of nitrogens with zero attached hydrogens (tertiary/aromatic N) is 5. The largest absolute Gasteiger partial charge is 0.493 e. The van der Waals surface area contributed by atoms with Crippen LogP contribution in [-0.2, 0) is 16.7 Å². The summed E-state index contributed by atoms with van der Waals surface area (Å²) in [6.45, 7) is 3.65. The van der Waals surface area contributed by atoms with Gasteiger partial charge in [-0.15, -0.1) is 0 Å². The number of fused-ring (bicyclic) bond motifs is 1. The molecular formula is C38H45F4N5O5. The van der Waals surface area contributed by atoms with Gasteiger partial charge in [-0.3, -0.25) is 4.79 Å². The number of anilines is 1. The maximum Gasteiger partial charge on any atom is 0.411 e. The van der Waals surface area contributed by atoms with Crippen molar-refractivity contribution in [3.63, 3.8) is 0 Å². The average molecular weight is 728 g/mol. The van der Waals surface area contributed by atoms with E-state index in [2.05, 4.69) is 9.80 Å². The molecule has 2 fully saturated rings. The minimum Gasteiger partial charge on any atom is -0.493 e. The zero-order valence-corrected chi connectivity index (χ0v) is 29.8. The quantitative estimate of drug-likeness (QED) is 0.120. The van der Waals surface area contributed by atoms with Gasteiger partial charge in [-0.25, -0.2) is 9.37 Å². The molecule has 0 radical (unpaired) electrons. The molecule has 0 bridgehead atoms. The van der Waals surface area contributed by atoms with Crippen molar-refractivity contribution in [3.8, 4) is 17.2 Å². The molecule has 3 aromatic carbocycles. The van der Waals surface area contributed by atoms with E-state index in [9.17, 15) is 22.4 Å². The molecule has 6 rings (SSSR count). The van der Waals surface area contributed by atoms with Gasteiger partial charge in [0.2, 0.25) is 11.7 Å². The molecule has 0 spiro atoms. The fourth-order valence-electron chi connectivity index (χ4n) is 7.46. The third-order valence-corrected chi connectivity index (χ3v) is 10.1.